The lowest BCUT2D eigenvalue weighted by Crippen LogP contribution is -2.25. The number of carbonyl (C=O) groups excluding carboxylic acids is 2. The molecule has 0 bridgehead atoms. The SMILES string of the molecule is COC(=O)C1(Cc2ccc3c(c2)NC(=O)CO3)CC1. The summed E-state index contributed by atoms with van der Waals surface area (Å²) < 4.78 is 10.1. The number of carbonyl (C=O) groups is 2. The maximum atomic E-state index is 11.7. The van der Waals surface area contributed by atoms with Gasteiger partial charge in [-0.25, -0.2) is 0 Å². The Balaban J connectivity index is 1.81. The van der Waals surface area contributed by atoms with Crippen molar-refractivity contribution in [3.63, 3.8) is 0 Å². The molecule has 5 heteroatoms. The fraction of sp³-hybridized carbons (Fsp3) is 0.429. The van der Waals surface area contributed by atoms with Gasteiger partial charge in [-0.05, 0) is 37.0 Å². The number of rotatable bonds is 3. The molecule has 0 atom stereocenters. The normalized spacial score (nSPS) is 18.9. The van der Waals surface area contributed by atoms with Gasteiger partial charge in [-0.3, -0.25) is 9.59 Å². The Morgan fingerprint density at radius 1 is 1.47 bits per heavy atom. The smallest absolute Gasteiger partial charge is 0.312 e. The van der Waals surface area contributed by atoms with Crippen LogP contribution in [0.2, 0.25) is 0 Å². The van der Waals surface area contributed by atoms with Gasteiger partial charge in [0.05, 0.1) is 18.2 Å². The zero-order valence-corrected chi connectivity index (χ0v) is 10.7. The topological polar surface area (TPSA) is 64.6 Å². The van der Waals surface area contributed by atoms with E-state index in [1.807, 2.05) is 18.2 Å². The summed E-state index contributed by atoms with van der Waals surface area (Å²) in [6.07, 6.45) is 2.36. The molecule has 1 fully saturated rings. The molecule has 0 saturated heterocycles. The summed E-state index contributed by atoms with van der Waals surface area (Å²) in [5.41, 5.74) is 1.32. The molecule has 0 radical (unpaired) electrons. The first-order valence-electron chi connectivity index (χ1n) is 6.27. The molecule has 5 nitrogen and oxygen atoms in total. The lowest BCUT2D eigenvalue weighted by molar-refractivity contribution is -0.147. The first-order chi connectivity index (χ1) is 9.13. The predicted molar refractivity (Wildman–Crippen MR) is 68.0 cm³/mol. The molecule has 1 amide bonds. The molecule has 1 saturated carbocycles. The Kier molecular flexibility index (Phi) is 2.69. The third-order valence-corrected chi connectivity index (χ3v) is 3.69. The number of hydrogen-bond donors (Lipinski definition) is 1. The molecule has 3 rings (SSSR count). The summed E-state index contributed by atoms with van der Waals surface area (Å²) in [6, 6.07) is 5.63. The number of methoxy groups -OCH3 is 1. The molecule has 1 aromatic carbocycles. The van der Waals surface area contributed by atoms with Crippen molar-refractivity contribution in [1.29, 1.82) is 0 Å². The number of amides is 1. The van der Waals surface area contributed by atoms with E-state index in [1.54, 1.807) is 0 Å². The highest BCUT2D eigenvalue weighted by Crippen LogP contribution is 2.49. The van der Waals surface area contributed by atoms with Gasteiger partial charge in [-0.2, -0.15) is 0 Å². The minimum atomic E-state index is -0.359. The van der Waals surface area contributed by atoms with E-state index in [-0.39, 0.29) is 23.9 Å². The summed E-state index contributed by atoms with van der Waals surface area (Å²) in [5.74, 6) is 0.371. The molecular formula is C14H15NO4. The van der Waals surface area contributed by atoms with Crippen LogP contribution in [-0.2, 0) is 20.7 Å². The van der Waals surface area contributed by atoms with E-state index in [0.717, 1.165) is 18.4 Å². The number of esters is 1. The van der Waals surface area contributed by atoms with E-state index in [0.29, 0.717) is 17.9 Å². The van der Waals surface area contributed by atoms with Crippen LogP contribution in [0.4, 0.5) is 5.69 Å². The molecule has 1 heterocycles. The Bertz CT molecular complexity index is 548. The van der Waals surface area contributed by atoms with Gasteiger partial charge in [0.15, 0.2) is 6.61 Å². The number of ether oxygens (including phenoxy) is 2. The predicted octanol–water partition coefficient (Wildman–Crippen LogP) is 1.51. The van der Waals surface area contributed by atoms with Crippen molar-refractivity contribution in [2.75, 3.05) is 19.0 Å². The zero-order valence-electron chi connectivity index (χ0n) is 10.7. The van der Waals surface area contributed by atoms with Crippen molar-refractivity contribution in [3.05, 3.63) is 23.8 Å². The Morgan fingerprint density at radius 2 is 2.26 bits per heavy atom. The van der Waals surface area contributed by atoms with Gasteiger partial charge >= 0.3 is 5.97 Å². The summed E-state index contributed by atoms with van der Waals surface area (Å²) in [4.78, 5) is 23.0. The highest BCUT2D eigenvalue weighted by molar-refractivity contribution is 5.95. The molecule has 100 valence electrons. The van der Waals surface area contributed by atoms with Crippen LogP contribution < -0.4 is 10.1 Å². The number of fused-ring (bicyclic) bond motifs is 1. The summed E-state index contributed by atoms with van der Waals surface area (Å²) in [5, 5.41) is 2.77. The molecular weight excluding hydrogens is 246 g/mol. The molecule has 0 unspecified atom stereocenters. The highest BCUT2D eigenvalue weighted by Gasteiger charge is 2.50. The first-order valence-corrected chi connectivity index (χ1v) is 6.27. The molecule has 1 aliphatic carbocycles. The van der Waals surface area contributed by atoms with E-state index in [9.17, 15) is 9.59 Å². The summed E-state index contributed by atoms with van der Waals surface area (Å²) >= 11 is 0. The van der Waals surface area contributed by atoms with Crippen LogP contribution in [0.3, 0.4) is 0 Å². The van der Waals surface area contributed by atoms with Crippen LogP contribution in [0.5, 0.6) is 5.75 Å². The van der Waals surface area contributed by atoms with Gasteiger partial charge in [0.25, 0.3) is 5.91 Å². The molecule has 1 aromatic rings. The quantitative estimate of drug-likeness (QED) is 0.838. The third kappa shape index (κ3) is 2.16. The first kappa shape index (κ1) is 12.0. The Hall–Kier alpha value is -2.04. The van der Waals surface area contributed by atoms with Crippen LogP contribution in [0, 0.1) is 5.41 Å². The van der Waals surface area contributed by atoms with Crippen molar-refractivity contribution < 1.29 is 19.1 Å². The maximum absolute atomic E-state index is 11.7. The van der Waals surface area contributed by atoms with Crippen molar-refractivity contribution in [2.24, 2.45) is 5.41 Å². The van der Waals surface area contributed by atoms with Gasteiger partial charge in [0.1, 0.15) is 5.75 Å². The maximum Gasteiger partial charge on any atom is 0.312 e. The van der Waals surface area contributed by atoms with Gasteiger partial charge in [0.2, 0.25) is 0 Å². The second-order valence-electron chi connectivity index (χ2n) is 5.12. The van der Waals surface area contributed by atoms with E-state index >= 15 is 0 Å². The van der Waals surface area contributed by atoms with Crippen LogP contribution in [0.15, 0.2) is 18.2 Å². The Labute approximate surface area is 110 Å². The Morgan fingerprint density at radius 3 is 2.95 bits per heavy atom. The van der Waals surface area contributed by atoms with E-state index in [2.05, 4.69) is 5.32 Å². The minimum Gasteiger partial charge on any atom is -0.482 e. The zero-order chi connectivity index (χ0) is 13.5. The van der Waals surface area contributed by atoms with Gasteiger partial charge < -0.3 is 14.8 Å². The van der Waals surface area contributed by atoms with Crippen molar-refractivity contribution >= 4 is 17.6 Å². The van der Waals surface area contributed by atoms with Crippen LogP contribution in [0.25, 0.3) is 0 Å². The second kappa shape index (κ2) is 4.26. The largest absolute Gasteiger partial charge is 0.482 e. The van der Waals surface area contributed by atoms with E-state index in [1.165, 1.54) is 7.11 Å². The van der Waals surface area contributed by atoms with E-state index < -0.39 is 0 Å². The average molecular weight is 261 g/mol. The number of anilines is 1. The lowest BCUT2D eigenvalue weighted by atomic mass is 9.96. The average Bonchev–Trinajstić information content (AvgIpc) is 3.18. The molecule has 1 aliphatic heterocycles. The number of benzene rings is 1. The van der Waals surface area contributed by atoms with Crippen LogP contribution in [0.1, 0.15) is 18.4 Å². The van der Waals surface area contributed by atoms with E-state index in [4.69, 9.17) is 9.47 Å². The van der Waals surface area contributed by atoms with Crippen molar-refractivity contribution in [2.45, 2.75) is 19.3 Å². The summed E-state index contributed by atoms with van der Waals surface area (Å²) in [7, 11) is 1.42. The fourth-order valence-corrected chi connectivity index (χ4v) is 2.45. The van der Waals surface area contributed by atoms with Crippen LogP contribution >= 0.6 is 0 Å². The second-order valence-corrected chi connectivity index (χ2v) is 5.12. The van der Waals surface area contributed by atoms with Gasteiger partial charge in [-0.1, -0.05) is 6.07 Å². The van der Waals surface area contributed by atoms with Gasteiger partial charge in [0, 0.05) is 0 Å². The molecule has 2 aliphatic rings. The number of nitrogens with one attached hydrogen (secondary N) is 1. The fourth-order valence-electron chi connectivity index (χ4n) is 2.45. The minimum absolute atomic E-state index is 0.0540. The number of hydrogen-bond acceptors (Lipinski definition) is 4. The highest BCUT2D eigenvalue weighted by atomic mass is 16.5. The third-order valence-electron chi connectivity index (χ3n) is 3.69. The van der Waals surface area contributed by atoms with Crippen molar-refractivity contribution in [3.8, 4) is 5.75 Å². The monoisotopic (exact) mass is 261 g/mol. The summed E-state index contributed by atoms with van der Waals surface area (Å²) in [6.45, 7) is 0.0540. The standard InChI is InChI=1S/C14H15NO4/c1-18-13(17)14(4-5-14)7-9-2-3-11-10(6-9)15-12(16)8-19-11/h2-3,6H,4-5,7-8H2,1H3,(H,15,16). The molecule has 0 aromatic heterocycles. The molecule has 1 N–H and O–H groups in total. The van der Waals surface area contributed by atoms with Crippen LogP contribution in [-0.4, -0.2) is 25.6 Å². The lowest BCUT2D eigenvalue weighted by Gasteiger charge is -2.19. The van der Waals surface area contributed by atoms with Crippen molar-refractivity contribution in [1.82, 2.24) is 0 Å². The molecule has 0 spiro atoms. The molecule has 19 heavy (non-hydrogen) atoms. The van der Waals surface area contributed by atoms with Gasteiger partial charge in [-0.15, -0.1) is 0 Å².